The van der Waals surface area contributed by atoms with E-state index >= 15 is 0 Å². The first kappa shape index (κ1) is 23.9. The molecular weight excluding hydrogens is 425 g/mol. The lowest BCUT2D eigenvalue weighted by Crippen LogP contribution is -2.48. The molecule has 2 aliphatic heterocycles. The van der Waals surface area contributed by atoms with Crippen LogP contribution in [0, 0.1) is 0 Å². The lowest BCUT2D eigenvalue weighted by Gasteiger charge is -2.26. The van der Waals surface area contributed by atoms with E-state index < -0.39 is 30.6 Å². The van der Waals surface area contributed by atoms with Crippen molar-refractivity contribution >= 4 is 23.4 Å². The predicted molar refractivity (Wildman–Crippen MR) is 113 cm³/mol. The van der Waals surface area contributed by atoms with E-state index in [1.807, 2.05) is 25.1 Å². The Labute approximate surface area is 185 Å². The smallest absolute Gasteiger partial charge is 0.384 e. The molecule has 10 heteroatoms. The van der Waals surface area contributed by atoms with Crippen molar-refractivity contribution in [3.05, 3.63) is 29.3 Å². The number of fused-ring (bicyclic) bond motifs is 1. The minimum atomic E-state index is -4.45. The largest absolute Gasteiger partial charge is 0.408 e. The first-order valence-corrected chi connectivity index (χ1v) is 11.0. The van der Waals surface area contributed by atoms with Crippen molar-refractivity contribution < 1.29 is 27.6 Å². The number of nitrogens with zero attached hydrogens (tertiary/aromatic N) is 2. The van der Waals surface area contributed by atoms with Crippen LogP contribution in [-0.4, -0.2) is 65.9 Å². The van der Waals surface area contributed by atoms with Gasteiger partial charge >= 0.3 is 6.18 Å². The fourth-order valence-electron chi connectivity index (χ4n) is 4.18. The van der Waals surface area contributed by atoms with Crippen molar-refractivity contribution in [3.8, 4) is 0 Å². The zero-order valence-electron chi connectivity index (χ0n) is 18.1. The molecule has 0 aliphatic carbocycles. The number of carbonyl (C=O) groups is 3. The minimum absolute atomic E-state index is 0.0549. The molecule has 0 aromatic heterocycles. The molecule has 2 aliphatic rings. The second kappa shape index (κ2) is 10.2. The Kier molecular flexibility index (Phi) is 7.63. The topological polar surface area (TPSA) is 81.8 Å². The van der Waals surface area contributed by atoms with E-state index in [2.05, 4.69) is 10.6 Å². The molecular formula is C22H29F3N4O3. The molecule has 1 aromatic carbocycles. The summed E-state index contributed by atoms with van der Waals surface area (Å²) in [4.78, 5) is 39.1. The molecule has 176 valence electrons. The van der Waals surface area contributed by atoms with Gasteiger partial charge in [-0.2, -0.15) is 13.2 Å². The minimum Gasteiger partial charge on any atom is -0.384 e. The number of carbonyl (C=O) groups excluding carboxylic acids is 3. The summed E-state index contributed by atoms with van der Waals surface area (Å²) in [7, 11) is 0. The van der Waals surface area contributed by atoms with Crippen molar-refractivity contribution in [3.63, 3.8) is 0 Å². The van der Waals surface area contributed by atoms with Gasteiger partial charge in [0.25, 0.3) is 0 Å². The van der Waals surface area contributed by atoms with E-state index in [9.17, 15) is 27.6 Å². The van der Waals surface area contributed by atoms with Gasteiger partial charge in [-0.15, -0.1) is 0 Å². The summed E-state index contributed by atoms with van der Waals surface area (Å²) in [5.74, 6) is -1.02. The SMILES string of the molecule is CCN1Cc2cc(CCC(=O)NCC(=O)N3CCC[C@@H]3C(F)(F)F)ccc2NCCC1=O. The summed E-state index contributed by atoms with van der Waals surface area (Å²) in [5, 5.41) is 5.70. The molecule has 1 atom stereocenters. The molecule has 2 heterocycles. The fraction of sp³-hybridized carbons (Fsp3) is 0.591. The molecule has 0 spiro atoms. The normalized spacial score (nSPS) is 19.1. The van der Waals surface area contributed by atoms with Crippen LogP contribution in [0.4, 0.5) is 18.9 Å². The molecule has 2 N–H and O–H groups in total. The average Bonchev–Trinajstić information content (AvgIpc) is 3.24. The third-order valence-electron chi connectivity index (χ3n) is 5.95. The molecule has 0 unspecified atom stereocenters. The van der Waals surface area contributed by atoms with Crippen LogP contribution in [-0.2, 0) is 27.3 Å². The van der Waals surface area contributed by atoms with Crippen LogP contribution in [0.3, 0.4) is 0 Å². The Morgan fingerprint density at radius 2 is 2.06 bits per heavy atom. The Bertz CT molecular complexity index is 859. The fourth-order valence-corrected chi connectivity index (χ4v) is 4.18. The third kappa shape index (κ3) is 5.92. The summed E-state index contributed by atoms with van der Waals surface area (Å²) in [6.07, 6.45) is -3.28. The van der Waals surface area contributed by atoms with E-state index in [-0.39, 0.29) is 25.3 Å². The Morgan fingerprint density at radius 3 is 2.78 bits per heavy atom. The summed E-state index contributed by atoms with van der Waals surface area (Å²) in [6.45, 7) is 3.21. The second-order valence-electron chi connectivity index (χ2n) is 8.14. The van der Waals surface area contributed by atoms with E-state index in [0.29, 0.717) is 38.9 Å². The van der Waals surface area contributed by atoms with Gasteiger partial charge < -0.3 is 20.4 Å². The van der Waals surface area contributed by atoms with Gasteiger partial charge in [0, 0.05) is 44.7 Å². The van der Waals surface area contributed by atoms with Crippen LogP contribution in [0.5, 0.6) is 0 Å². The Morgan fingerprint density at radius 1 is 1.28 bits per heavy atom. The van der Waals surface area contributed by atoms with E-state index in [1.54, 1.807) is 4.90 Å². The zero-order valence-corrected chi connectivity index (χ0v) is 18.1. The number of nitrogens with one attached hydrogen (secondary N) is 2. The average molecular weight is 454 g/mol. The number of aryl methyl sites for hydroxylation is 1. The lowest BCUT2D eigenvalue weighted by atomic mass is 10.0. The van der Waals surface area contributed by atoms with E-state index in [1.165, 1.54) is 0 Å². The van der Waals surface area contributed by atoms with Crippen LogP contribution in [0.2, 0.25) is 0 Å². The van der Waals surface area contributed by atoms with Crippen molar-refractivity contribution in [1.82, 2.24) is 15.1 Å². The van der Waals surface area contributed by atoms with Crippen molar-refractivity contribution in [1.29, 1.82) is 0 Å². The number of anilines is 1. The first-order chi connectivity index (χ1) is 15.2. The highest BCUT2D eigenvalue weighted by Crippen LogP contribution is 2.32. The highest BCUT2D eigenvalue weighted by atomic mass is 19.4. The number of hydrogen-bond donors (Lipinski definition) is 2. The molecule has 7 nitrogen and oxygen atoms in total. The van der Waals surface area contributed by atoms with Gasteiger partial charge in [-0.05, 0) is 43.4 Å². The number of benzene rings is 1. The summed E-state index contributed by atoms with van der Waals surface area (Å²) >= 11 is 0. The van der Waals surface area contributed by atoms with Gasteiger partial charge in [-0.3, -0.25) is 14.4 Å². The van der Waals surface area contributed by atoms with Gasteiger partial charge in [-0.25, -0.2) is 0 Å². The van der Waals surface area contributed by atoms with Gasteiger partial charge in [0.05, 0.1) is 6.54 Å². The molecule has 0 bridgehead atoms. The molecule has 3 amide bonds. The monoisotopic (exact) mass is 454 g/mol. The summed E-state index contributed by atoms with van der Waals surface area (Å²) in [6, 6.07) is 4.03. The molecule has 0 radical (unpaired) electrons. The number of likely N-dealkylation sites (tertiary alicyclic amines) is 1. The van der Waals surface area contributed by atoms with Crippen molar-refractivity contribution in [2.24, 2.45) is 0 Å². The van der Waals surface area contributed by atoms with Crippen LogP contribution in [0.1, 0.15) is 43.7 Å². The molecule has 1 aromatic rings. The molecule has 32 heavy (non-hydrogen) atoms. The second-order valence-corrected chi connectivity index (χ2v) is 8.14. The standard InChI is InChI=1S/C22H29F3N4O3/c1-2-28-14-16-12-15(5-7-17(16)26-10-9-20(28)31)6-8-19(30)27-13-21(32)29-11-3-4-18(29)22(23,24)25/h5,7,12,18,26H,2-4,6,8-11,13-14H2,1H3,(H,27,30)/t18-/m1/s1. The zero-order chi connectivity index (χ0) is 23.3. The number of amides is 3. The third-order valence-corrected chi connectivity index (χ3v) is 5.95. The summed E-state index contributed by atoms with van der Waals surface area (Å²) < 4.78 is 39.0. The maximum Gasteiger partial charge on any atom is 0.408 e. The predicted octanol–water partition coefficient (Wildman–Crippen LogP) is 2.45. The van der Waals surface area contributed by atoms with Crippen LogP contribution in [0.15, 0.2) is 18.2 Å². The lowest BCUT2D eigenvalue weighted by molar-refractivity contribution is -0.182. The van der Waals surface area contributed by atoms with Crippen LogP contribution < -0.4 is 10.6 Å². The molecule has 1 saturated heterocycles. The highest BCUT2D eigenvalue weighted by Gasteiger charge is 2.47. The highest BCUT2D eigenvalue weighted by molar-refractivity contribution is 5.85. The maximum absolute atomic E-state index is 13.0. The van der Waals surface area contributed by atoms with Crippen molar-refractivity contribution in [2.75, 3.05) is 31.5 Å². The van der Waals surface area contributed by atoms with Crippen LogP contribution >= 0.6 is 0 Å². The maximum atomic E-state index is 13.0. The summed E-state index contributed by atoms with van der Waals surface area (Å²) in [5.41, 5.74) is 2.84. The molecule has 1 fully saturated rings. The van der Waals surface area contributed by atoms with Gasteiger partial charge in [0.1, 0.15) is 6.04 Å². The first-order valence-electron chi connectivity index (χ1n) is 11.0. The quantitative estimate of drug-likeness (QED) is 0.692. The van der Waals surface area contributed by atoms with Gasteiger partial charge in [0.15, 0.2) is 0 Å². The number of hydrogen-bond acceptors (Lipinski definition) is 4. The number of halogens is 3. The van der Waals surface area contributed by atoms with Crippen molar-refractivity contribution in [2.45, 2.75) is 57.8 Å². The van der Waals surface area contributed by atoms with E-state index in [4.69, 9.17) is 0 Å². The van der Waals surface area contributed by atoms with E-state index in [0.717, 1.165) is 21.7 Å². The molecule has 0 saturated carbocycles. The number of alkyl halides is 3. The number of rotatable bonds is 6. The Hall–Kier alpha value is -2.78. The molecule has 3 rings (SSSR count). The Balaban J connectivity index is 1.52. The van der Waals surface area contributed by atoms with Gasteiger partial charge in [0.2, 0.25) is 17.7 Å². The van der Waals surface area contributed by atoms with Gasteiger partial charge in [-0.1, -0.05) is 12.1 Å². The van der Waals surface area contributed by atoms with Crippen LogP contribution in [0.25, 0.3) is 0 Å².